The molecule has 0 aliphatic rings. The van der Waals surface area contributed by atoms with E-state index in [0.29, 0.717) is 29.3 Å². The van der Waals surface area contributed by atoms with Gasteiger partial charge in [0, 0.05) is 6.42 Å². The molecular weight excluding hydrogens is 484 g/mol. The molecule has 4 aromatic rings. The van der Waals surface area contributed by atoms with E-state index in [4.69, 9.17) is 46.1 Å². The van der Waals surface area contributed by atoms with E-state index in [2.05, 4.69) is 26.9 Å². The molecular formula is C21H22Cl2FN9O. The van der Waals surface area contributed by atoms with Gasteiger partial charge in [0.05, 0.1) is 27.8 Å². The van der Waals surface area contributed by atoms with Crippen molar-refractivity contribution >= 4 is 57.5 Å². The fraction of sp³-hybridized carbons (Fsp3) is 0.190. The Kier molecular flexibility index (Phi) is 7.69. The number of aromatic nitrogens is 5. The lowest BCUT2D eigenvalue weighted by molar-refractivity contribution is 0.629. The van der Waals surface area contributed by atoms with E-state index < -0.39 is 11.4 Å². The van der Waals surface area contributed by atoms with E-state index in [1.807, 2.05) is 0 Å². The molecule has 178 valence electrons. The number of pyridine rings is 1. The van der Waals surface area contributed by atoms with Gasteiger partial charge in [-0.25, -0.2) is 14.4 Å². The van der Waals surface area contributed by atoms with Gasteiger partial charge in [-0.15, -0.1) is 0 Å². The minimum atomic E-state index is -0.647. The van der Waals surface area contributed by atoms with E-state index in [1.54, 1.807) is 12.1 Å². The average Bonchev–Trinajstić information content (AvgIpc) is 2.79. The van der Waals surface area contributed by atoms with Crippen LogP contribution in [-0.4, -0.2) is 24.5 Å². The number of hydrogen-bond acceptors (Lipinski definition) is 9. The van der Waals surface area contributed by atoms with Gasteiger partial charge in [-0.05, 0) is 30.7 Å². The molecule has 0 saturated carbocycles. The second kappa shape index (κ2) is 10.5. The quantitative estimate of drug-likeness (QED) is 0.323. The predicted octanol–water partition coefficient (Wildman–Crippen LogP) is 3.37. The number of nitrogen functional groups attached to an aromatic ring is 4. The zero-order valence-corrected chi connectivity index (χ0v) is 19.6. The molecule has 3 aromatic heterocycles. The second-order valence-corrected chi connectivity index (χ2v) is 7.89. The number of fused-ring (bicyclic) bond motifs is 1. The third-order valence-electron chi connectivity index (χ3n) is 4.70. The molecule has 8 N–H and O–H groups in total. The van der Waals surface area contributed by atoms with Crippen molar-refractivity contribution < 1.29 is 4.39 Å². The van der Waals surface area contributed by atoms with E-state index in [9.17, 15) is 9.18 Å². The van der Waals surface area contributed by atoms with Gasteiger partial charge < -0.3 is 22.9 Å². The van der Waals surface area contributed by atoms with E-state index in [0.717, 1.165) is 12.8 Å². The summed E-state index contributed by atoms with van der Waals surface area (Å²) in [4.78, 5) is 28.7. The second-order valence-electron chi connectivity index (χ2n) is 7.14. The van der Waals surface area contributed by atoms with Crippen LogP contribution in [0.25, 0.3) is 16.6 Å². The highest BCUT2D eigenvalue weighted by molar-refractivity contribution is 6.35. The van der Waals surface area contributed by atoms with Crippen molar-refractivity contribution in [2.75, 3.05) is 22.9 Å². The highest BCUT2D eigenvalue weighted by Gasteiger charge is 2.17. The van der Waals surface area contributed by atoms with Gasteiger partial charge in [0.2, 0.25) is 5.95 Å². The normalized spacial score (nSPS) is 10.7. The molecule has 0 saturated heterocycles. The first-order valence-corrected chi connectivity index (χ1v) is 10.8. The van der Waals surface area contributed by atoms with Crippen molar-refractivity contribution in [2.24, 2.45) is 0 Å². The first-order valence-electron chi connectivity index (χ1n) is 10.1. The number of halogens is 3. The van der Waals surface area contributed by atoms with E-state index in [1.165, 1.54) is 22.9 Å². The van der Waals surface area contributed by atoms with Crippen molar-refractivity contribution in [1.29, 1.82) is 0 Å². The summed E-state index contributed by atoms with van der Waals surface area (Å²) in [6.45, 7) is 2.06. The lowest BCUT2D eigenvalue weighted by Gasteiger charge is -2.14. The average molecular weight is 506 g/mol. The first kappa shape index (κ1) is 24.9. The summed E-state index contributed by atoms with van der Waals surface area (Å²) in [6.07, 6.45) is 3.93. The number of nitrogens with two attached hydrogens (primary N) is 4. The van der Waals surface area contributed by atoms with Crippen LogP contribution in [0.2, 0.25) is 10.0 Å². The molecule has 1 aromatic carbocycles. The molecule has 34 heavy (non-hydrogen) atoms. The molecule has 3 heterocycles. The maximum atomic E-state index is 13.8. The van der Waals surface area contributed by atoms with Gasteiger partial charge >= 0.3 is 0 Å². The van der Waals surface area contributed by atoms with Gasteiger partial charge in [0.15, 0.2) is 0 Å². The van der Waals surface area contributed by atoms with E-state index >= 15 is 0 Å². The van der Waals surface area contributed by atoms with Gasteiger partial charge in [0.25, 0.3) is 5.56 Å². The Hall–Kier alpha value is -3.70. The molecule has 0 unspecified atom stereocenters. The van der Waals surface area contributed by atoms with Crippen molar-refractivity contribution in [3.8, 4) is 5.69 Å². The van der Waals surface area contributed by atoms with Crippen LogP contribution in [0.3, 0.4) is 0 Å². The molecule has 0 bridgehead atoms. The molecule has 0 amide bonds. The molecule has 13 heteroatoms. The molecule has 0 spiro atoms. The summed E-state index contributed by atoms with van der Waals surface area (Å²) in [5, 5.41) is -0.00728. The summed E-state index contributed by atoms with van der Waals surface area (Å²) in [5.74, 6) is 0.521. The summed E-state index contributed by atoms with van der Waals surface area (Å²) in [7, 11) is 0. The Morgan fingerprint density at radius 1 is 0.971 bits per heavy atom. The molecule has 0 atom stereocenters. The molecule has 0 fully saturated rings. The molecule has 10 nitrogen and oxygen atoms in total. The predicted molar refractivity (Wildman–Crippen MR) is 133 cm³/mol. The van der Waals surface area contributed by atoms with Crippen LogP contribution in [0.15, 0.2) is 35.3 Å². The zero-order valence-electron chi connectivity index (χ0n) is 18.1. The summed E-state index contributed by atoms with van der Waals surface area (Å²) in [5.41, 5.74) is 21.8. The Morgan fingerprint density at radius 2 is 1.65 bits per heavy atom. The van der Waals surface area contributed by atoms with Crippen LogP contribution in [0.4, 0.5) is 27.8 Å². The number of hydrogen-bond donors (Lipinski definition) is 4. The number of nitrogens with zero attached hydrogens (tertiary/aromatic N) is 5. The van der Waals surface area contributed by atoms with Crippen LogP contribution in [-0.2, 0) is 6.42 Å². The van der Waals surface area contributed by atoms with Crippen LogP contribution in [0.1, 0.15) is 25.6 Å². The summed E-state index contributed by atoms with van der Waals surface area (Å²) >= 11 is 11.5. The summed E-state index contributed by atoms with van der Waals surface area (Å²) < 4.78 is 15.2. The highest BCUT2D eigenvalue weighted by Crippen LogP contribution is 2.24. The maximum Gasteiger partial charge on any atom is 0.267 e. The lowest BCUT2D eigenvalue weighted by Crippen LogP contribution is -2.24. The molecule has 0 aliphatic carbocycles. The van der Waals surface area contributed by atoms with Gasteiger partial charge in [-0.3, -0.25) is 9.36 Å². The van der Waals surface area contributed by atoms with Crippen LogP contribution in [0, 0.1) is 5.82 Å². The fourth-order valence-corrected chi connectivity index (χ4v) is 3.38. The SMILES string of the molecule is CCCCc1nc2ccc(F)c(Cl)c2c(=O)n1-c1ccc(N)nc1.Nc1nc(N)c(Cl)c(N)n1. The van der Waals surface area contributed by atoms with Crippen molar-refractivity contribution in [3.63, 3.8) is 0 Å². The molecule has 0 aliphatic heterocycles. The van der Waals surface area contributed by atoms with Gasteiger partial charge in [0.1, 0.15) is 34.1 Å². The summed E-state index contributed by atoms with van der Waals surface area (Å²) in [6, 6.07) is 5.97. The topological polar surface area (TPSA) is 178 Å². The Morgan fingerprint density at radius 3 is 2.24 bits per heavy atom. The maximum absolute atomic E-state index is 13.8. The Balaban J connectivity index is 0.000000271. The largest absolute Gasteiger partial charge is 0.384 e. The van der Waals surface area contributed by atoms with Crippen molar-refractivity contribution in [2.45, 2.75) is 26.2 Å². The van der Waals surface area contributed by atoms with Gasteiger partial charge in [-0.2, -0.15) is 9.97 Å². The highest BCUT2D eigenvalue weighted by atomic mass is 35.5. The Bertz CT molecular complexity index is 1370. The Labute approximate surface area is 203 Å². The number of aryl methyl sites for hydroxylation is 1. The first-order chi connectivity index (χ1) is 16.1. The van der Waals surface area contributed by atoms with Crippen LogP contribution < -0.4 is 28.5 Å². The minimum Gasteiger partial charge on any atom is -0.384 e. The van der Waals surface area contributed by atoms with Gasteiger partial charge in [-0.1, -0.05) is 36.5 Å². The standard InChI is InChI=1S/C17H16ClFN4O.C4H6ClN5/c1-2-3-4-14-22-12-7-6-11(19)16(18)15(12)17(24)23(14)10-5-8-13(20)21-9-10;5-1-2(6)9-4(8)10-3(1)7/h5-9H,2-4H2,1H3,(H2,20,21);(H6,6,7,8,9,10). The minimum absolute atomic E-state index is 0.0272. The number of rotatable bonds is 4. The number of anilines is 4. The van der Waals surface area contributed by atoms with Crippen molar-refractivity contribution in [3.05, 3.63) is 62.5 Å². The van der Waals surface area contributed by atoms with Crippen LogP contribution >= 0.6 is 23.2 Å². The molecule has 4 rings (SSSR count). The number of benzene rings is 1. The lowest BCUT2D eigenvalue weighted by atomic mass is 10.2. The van der Waals surface area contributed by atoms with Crippen molar-refractivity contribution in [1.82, 2.24) is 24.5 Å². The number of unbranched alkanes of at least 4 members (excludes halogenated alkanes) is 1. The monoisotopic (exact) mass is 505 g/mol. The zero-order chi connectivity index (χ0) is 25.0. The van der Waals surface area contributed by atoms with Crippen LogP contribution in [0.5, 0.6) is 0 Å². The molecule has 0 radical (unpaired) electrons. The third kappa shape index (κ3) is 5.26. The third-order valence-corrected chi connectivity index (χ3v) is 5.46. The van der Waals surface area contributed by atoms with E-state index in [-0.39, 0.29) is 33.0 Å². The fourth-order valence-electron chi connectivity index (χ4n) is 3.05. The smallest absolute Gasteiger partial charge is 0.267 e.